The van der Waals surface area contributed by atoms with Crippen LogP contribution in [0.4, 0.5) is 0 Å². The zero-order valence-corrected chi connectivity index (χ0v) is 12.5. The highest BCUT2D eigenvalue weighted by Crippen LogP contribution is 2.20. The van der Waals surface area contributed by atoms with Crippen LogP contribution in [0.2, 0.25) is 0 Å². The van der Waals surface area contributed by atoms with Crippen molar-refractivity contribution in [3.05, 3.63) is 33.3 Å². The number of aryl methyl sites for hydroxylation is 2. The summed E-state index contributed by atoms with van der Waals surface area (Å²) in [6, 6.07) is 0. The minimum absolute atomic E-state index is 0.0404. The molecule has 0 aliphatic carbocycles. The second kappa shape index (κ2) is 5.45. The molecule has 3 aromatic heterocycles. The van der Waals surface area contributed by atoms with E-state index in [1.54, 1.807) is 12.4 Å². The van der Waals surface area contributed by atoms with E-state index in [0.29, 0.717) is 22.3 Å². The number of thiazole rings is 1. The molecule has 0 bridgehead atoms. The largest absolute Gasteiger partial charge is 0.465 e. The number of ether oxygens (including phenoxy) is 1. The summed E-state index contributed by atoms with van der Waals surface area (Å²) in [7, 11) is 3.14. The Labute approximate surface area is 130 Å². The quantitative estimate of drug-likeness (QED) is 0.614. The molecule has 112 valence electrons. The first-order valence-corrected chi connectivity index (χ1v) is 6.96. The van der Waals surface area contributed by atoms with Crippen LogP contribution in [0, 0.1) is 12.3 Å². The first-order valence-electron chi connectivity index (χ1n) is 6.58. The van der Waals surface area contributed by atoms with Crippen molar-refractivity contribution >= 4 is 11.3 Å². The van der Waals surface area contributed by atoms with Crippen molar-refractivity contribution in [2.75, 3.05) is 0 Å². The topological polar surface area (TPSA) is 92.7 Å². The SMILES string of the molecule is [3H]c1csc(OCc2c(C#C)nn(C)c2-n2nnn(C)c2=O)n1. The van der Waals surface area contributed by atoms with Gasteiger partial charge in [0, 0.05) is 25.6 Å². The molecule has 22 heavy (non-hydrogen) atoms. The summed E-state index contributed by atoms with van der Waals surface area (Å²) in [6.45, 7) is 0.0404. The van der Waals surface area contributed by atoms with Crippen molar-refractivity contribution in [2.24, 2.45) is 14.1 Å². The Hall–Kier alpha value is -2.93. The number of terminal acetylenes is 1. The lowest BCUT2D eigenvalue weighted by molar-refractivity contribution is 0.303. The lowest BCUT2D eigenvalue weighted by Crippen LogP contribution is -2.24. The molecule has 0 aliphatic heterocycles. The van der Waals surface area contributed by atoms with Gasteiger partial charge in [-0.1, -0.05) is 11.3 Å². The van der Waals surface area contributed by atoms with Gasteiger partial charge in [0.15, 0.2) is 5.82 Å². The molecule has 3 heterocycles. The van der Waals surface area contributed by atoms with Crippen molar-refractivity contribution < 1.29 is 6.11 Å². The number of nitrogens with zero attached hydrogens (tertiary/aromatic N) is 7. The number of rotatable bonds is 4. The van der Waals surface area contributed by atoms with Crippen LogP contribution in [0.25, 0.3) is 5.82 Å². The van der Waals surface area contributed by atoms with Gasteiger partial charge in [-0.05, 0) is 16.3 Å². The molecule has 0 unspecified atom stereocenters. The molecule has 0 saturated heterocycles. The Morgan fingerprint density at radius 1 is 1.45 bits per heavy atom. The molecule has 0 fully saturated rings. The van der Waals surface area contributed by atoms with E-state index in [0.717, 1.165) is 9.36 Å². The van der Waals surface area contributed by atoms with Crippen molar-refractivity contribution in [2.45, 2.75) is 6.61 Å². The fourth-order valence-corrected chi connectivity index (χ4v) is 2.34. The summed E-state index contributed by atoms with van der Waals surface area (Å²) in [4.78, 5) is 16.0. The third-order valence-corrected chi connectivity index (χ3v) is 3.51. The fourth-order valence-electron chi connectivity index (χ4n) is 1.90. The van der Waals surface area contributed by atoms with Gasteiger partial charge in [-0.15, -0.1) is 11.1 Å². The first-order chi connectivity index (χ1) is 11.0. The summed E-state index contributed by atoms with van der Waals surface area (Å²) in [6.07, 6.45) is 5.60. The number of hydrogen-bond acceptors (Lipinski definition) is 7. The van der Waals surface area contributed by atoms with Gasteiger partial charge in [-0.3, -0.25) is 0 Å². The zero-order chi connectivity index (χ0) is 16.6. The maximum absolute atomic E-state index is 12.1. The van der Waals surface area contributed by atoms with Crippen molar-refractivity contribution in [1.29, 1.82) is 0 Å². The zero-order valence-electron chi connectivity index (χ0n) is 12.7. The highest BCUT2D eigenvalue weighted by molar-refractivity contribution is 7.11. The van der Waals surface area contributed by atoms with Crippen LogP contribution < -0.4 is 10.4 Å². The average molecular weight is 319 g/mol. The molecule has 0 radical (unpaired) electrons. The van der Waals surface area contributed by atoms with Gasteiger partial charge in [-0.2, -0.15) is 9.78 Å². The van der Waals surface area contributed by atoms with Gasteiger partial charge in [0.05, 0.1) is 6.93 Å². The first kappa shape index (κ1) is 12.8. The van der Waals surface area contributed by atoms with Gasteiger partial charge in [0.25, 0.3) is 5.19 Å². The lowest BCUT2D eigenvalue weighted by atomic mass is 10.2. The minimum atomic E-state index is -0.430. The molecular formula is C12H11N7O2S. The fraction of sp³-hybridized carbons (Fsp3) is 0.250. The van der Waals surface area contributed by atoms with Crippen molar-refractivity contribution in [1.82, 2.24) is 34.6 Å². The maximum atomic E-state index is 12.1. The van der Waals surface area contributed by atoms with Gasteiger partial charge in [-0.25, -0.2) is 14.5 Å². The highest BCUT2D eigenvalue weighted by Gasteiger charge is 2.21. The predicted molar refractivity (Wildman–Crippen MR) is 77.7 cm³/mol. The Balaban J connectivity index is 2.03. The molecule has 0 N–H and O–H groups in total. The molecule has 0 aromatic carbocycles. The molecule has 9 nitrogen and oxygen atoms in total. The van der Waals surface area contributed by atoms with E-state index in [4.69, 9.17) is 12.5 Å². The molecule has 0 spiro atoms. The second-order valence-corrected chi connectivity index (χ2v) is 5.07. The van der Waals surface area contributed by atoms with Crippen LogP contribution in [-0.4, -0.2) is 34.6 Å². The van der Waals surface area contributed by atoms with E-state index in [-0.39, 0.29) is 12.8 Å². The van der Waals surface area contributed by atoms with Crippen LogP contribution in [0.5, 0.6) is 5.19 Å². The minimum Gasteiger partial charge on any atom is -0.465 e. The Morgan fingerprint density at radius 3 is 2.86 bits per heavy atom. The number of tetrazole rings is 1. The lowest BCUT2D eigenvalue weighted by Gasteiger charge is -2.05. The third-order valence-electron chi connectivity index (χ3n) is 2.88. The predicted octanol–water partition coefficient (Wildman–Crippen LogP) is -0.284. The van der Waals surface area contributed by atoms with Crippen LogP contribution >= 0.6 is 11.3 Å². The van der Waals surface area contributed by atoms with E-state index in [1.807, 2.05) is 0 Å². The van der Waals surface area contributed by atoms with Crippen LogP contribution in [0.3, 0.4) is 0 Å². The van der Waals surface area contributed by atoms with Crippen LogP contribution in [0.15, 0.2) is 16.3 Å². The molecule has 3 aromatic rings. The van der Waals surface area contributed by atoms with E-state index >= 15 is 0 Å². The summed E-state index contributed by atoms with van der Waals surface area (Å²) < 4.78 is 16.6. The second-order valence-electron chi connectivity index (χ2n) is 4.25. The van der Waals surface area contributed by atoms with Crippen molar-refractivity contribution in [3.8, 4) is 23.4 Å². The van der Waals surface area contributed by atoms with E-state index < -0.39 is 5.69 Å². The monoisotopic (exact) mass is 319 g/mol. The van der Waals surface area contributed by atoms with Gasteiger partial charge >= 0.3 is 5.69 Å². The molecule has 10 heteroatoms. The summed E-state index contributed by atoms with van der Waals surface area (Å²) >= 11 is 1.20. The Morgan fingerprint density at radius 2 is 2.27 bits per heavy atom. The molecule has 0 amide bonds. The van der Waals surface area contributed by atoms with Gasteiger partial charge in [0.1, 0.15) is 12.3 Å². The molecular weight excluding hydrogens is 306 g/mol. The average Bonchev–Trinajstić information content (AvgIpc) is 3.17. The molecule has 3 rings (SSSR count). The standard InChI is InChI=1S/C12H11N7O2S/c1-4-9-8(7-21-11-13-5-6-22-11)10(17(2)14-9)19-12(20)18(3)15-16-19/h1,5-6H,7H2,2-3H3/i5T. The molecule has 0 aliphatic rings. The molecule has 0 saturated carbocycles. The Kier molecular flexibility index (Phi) is 3.17. The van der Waals surface area contributed by atoms with Gasteiger partial charge in [0.2, 0.25) is 0 Å². The summed E-state index contributed by atoms with van der Waals surface area (Å²) in [5.41, 5.74) is 0.419. The van der Waals surface area contributed by atoms with Crippen LogP contribution in [0.1, 0.15) is 12.6 Å². The third kappa shape index (κ3) is 2.27. The van der Waals surface area contributed by atoms with E-state index in [1.165, 1.54) is 23.1 Å². The van der Waals surface area contributed by atoms with Crippen molar-refractivity contribution in [3.63, 3.8) is 0 Å². The highest BCUT2D eigenvalue weighted by atomic mass is 32.1. The van der Waals surface area contributed by atoms with E-state index in [9.17, 15) is 4.79 Å². The van der Waals surface area contributed by atoms with Crippen LogP contribution in [-0.2, 0) is 20.7 Å². The van der Waals surface area contributed by atoms with Gasteiger partial charge < -0.3 is 4.74 Å². The maximum Gasteiger partial charge on any atom is 0.369 e. The summed E-state index contributed by atoms with van der Waals surface area (Å²) in [5, 5.41) is 13.5. The van der Waals surface area contributed by atoms with E-state index in [2.05, 4.69) is 26.4 Å². The molecule has 0 atom stereocenters. The number of aromatic nitrogens is 7. The summed E-state index contributed by atoms with van der Waals surface area (Å²) in [5.74, 6) is 2.83. The smallest absolute Gasteiger partial charge is 0.369 e. The Bertz CT molecular complexity index is 961. The normalized spacial score (nSPS) is 11.2. The number of hydrogen-bond donors (Lipinski definition) is 0.